The zero-order valence-corrected chi connectivity index (χ0v) is 8.34. The summed E-state index contributed by atoms with van der Waals surface area (Å²) in [4.78, 5) is 11.4. The van der Waals surface area contributed by atoms with Crippen LogP contribution in [0.4, 0.5) is 0 Å². The number of nitrogens with one attached hydrogen (secondary N) is 2. The van der Waals surface area contributed by atoms with Gasteiger partial charge in [0.2, 0.25) is 4.77 Å². The maximum Gasteiger partial charge on any atom is 0.347 e. The summed E-state index contributed by atoms with van der Waals surface area (Å²) in [5.41, 5.74) is 0.701. The fourth-order valence-corrected chi connectivity index (χ4v) is 1.50. The molecule has 0 amide bonds. The third-order valence-corrected chi connectivity index (χ3v) is 2.20. The van der Waals surface area contributed by atoms with E-state index in [0.717, 1.165) is 0 Å². The Morgan fingerprint density at radius 1 is 1.40 bits per heavy atom. The number of nitrogens with zero attached hydrogens (tertiary/aromatic N) is 2. The van der Waals surface area contributed by atoms with Gasteiger partial charge in [-0.1, -0.05) is 6.07 Å². The van der Waals surface area contributed by atoms with Gasteiger partial charge < -0.3 is 0 Å². The lowest BCUT2D eigenvalue weighted by molar-refractivity contribution is 0.974. The molecule has 0 saturated heterocycles. The number of benzene rings is 1. The molecule has 0 spiro atoms. The highest BCUT2D eigenvalue weighted by Gasteiger charge is 2.03. The van der Waals surface area contributed by atoms with Crippen LogP contribution in [-0.4, -0.2) is 14.8 Å². The molecule has 0 radical (unpaired) electrons. The molecular weight excluding hydrogens is 212 g/mol. The summed E-state index contributed by atoms with van der Waals surface area (Å²) in [6, 6.07) is 8.66. The zero-order valence-electron chi connectivity index (χ0n) is 7.52. The Kier molecular flexibility index (Phi) is 2.23. The fourth-order valence-electron chi connectivity index (χ4n) is 1.26. The molecule has 0 saturated carbocycles. The first-order valence-electron chi connectivity index (χ1n) is 4.12. The van der Waals surface area contributed by atoms with E-state index in [0.29, 0.717) is 11.3 Å². The standard InChI is InChI=1S/C9H6N4OS/c10-5-6-2-1-3-7(4-6)13-8(14)11-12-9(13)15/h1-4H,(H,11,14)(H,12,15). The molecule has 1 aromatic carbocycles. The average Bonchev–Trinajstić information content (AvgIpc) is 2.59. The summed E-state index contributed by atoms with van der Waals surface area (Å²) in [6.07, 6.45) is 0. The van der Waals surface area contributed by atoms with E-state index < -0.39 is 0 Å². The maximum atomic E-state index is 11.4. The highest BCUT2D eigenvalue weighted by molar-refractivity contribution is 7.71. The number of H-pyrrole nitrogens is 2. The maximum absolute atomic E-state index is 11.4. The molecule has 0 bridgehead atoms. The first-order valence-corrected chi connectivity index (χ1v) is 4.53. The van der Waals surface area contributed by atoms with Crippen molar-refractivity contribution in [1.82, 2.24) is 14.8 Å². The predicted molar refractivity (Wildman–Crippen MR) is 56.3 cm³/mol. The van der Waals surface area contributed by atoms with Gasteiger partial charge in [0.15, 0.2) is 0 Å². The molecule has 15 heavy (non-hydrogen) atoms. The lowest BCUT2D eigenvalue weighted by Crippen LogP contribution is -2.14. The number of hydrogen-bond donors (Lipinski definition) is 2. The smallest absolute Gasteiger partial charge is 0.272 e. The quantitative estimate of drug-likeness (QED) is 0.703. The van der Waals surface area contributed by atoms with Gasteiger partial charge in [0.05, 0.1) is 17.3 Å². The zero-order chi connectivity index (χ0) is 10.8. The summed E-state index contributed by atoms with van der Waals surface area (Å²) in [7, 11) is 0. The van der Waals surface area contributed by atoms with Gasteiger partial charge >= 0.3 is 5.69 Å². The van der Waals surface area contributed by atoms with Crippen LogP contribution in [0, 0.1) is 16.1 Å². The number of aromatic amines is 2. The van der Waals surface area contributed by atoms with Crippen molar-refractivity contribution in [3.63, 3.8) is 0 Å². The van der Waals surface area contributed by atoms with Crippen molar-refractivity contribution in [1.29, 1.82) is 5.26 Å². The van der Waals surface area contributed by atoms with Crippen LogP contribution in [0.2, 0.25) is 0 Å². The van der Waals surface area contributed by atoms with Crippen molar-refractivity contribution in [2.45, 2.75) is 0 Å². The van der Waals surface area contributed by atoms with Crippen LogP contribution in [0.25, 0.3) is 5.69 Å². The molecule has 74 valence electrons. The Balaban J connectivity index is 2.71. The summed E-state index contributed by atoms with van der Waals surface area (Å²) in [5, 5.41) is 13.6. The Labute approximate surface area is 89.6 Å². The molecule has 2 N–H and O–H groups in total. The van der Waals surface area contributed by atoms with E-state index in [1.165, 1.54) is 4.57 Å². The third kappa shape index (κ3) is 1.60. The highest BCUT2D eigenvalue weighted by Crippen LogP contribution is 2.07. The number of aromatic nitrogens is 3. The van der Waals surface area contributed by atoms with E-state index >= 15 is 0 Å². The Bertz CT molecular complexity index is 615. The van der Waals surface area contributed by atoms with Crippen molar-refractivity contribution in [2.75, 3.05) is 0 Å². The fraction of sp³-hybridized carbons (Fsp3) is 0. The molecule has 2 rings (SSSR count). The Morgan fingerprint density at radius 3 is 2.80 bits per heavy atom. The van der Waals surface area contributed by atoms with Crippen LogP contribution in [-0.2, 0) is 0 Å². The minimum absolute atomic E-state index is 0.273. The topological polar surface area (TPSA) is 77.4 Å². The number of hydrogen-bond acceptors (Lipinski definition) is 3. The Hall–Kier alpha value is -2.13. The van der Waals surface area contributed by atoms with Gasteiger partial charge in [-0.2, -0.15) is 5.26 Å². The van der Waals surface area contributed by atoms with Crippen molar-refractivity contribution in [3.05, 3.63) is 45.1 Å². The molecule has 0 fully saturated rings. The SMILES string of the molecule is N#Cc1cccc(-n2c(=O)[nH][nH]c2=S)c1. The number of rotatable bonds is 1. The molecule has 1 aromatic heterocycles. The molecule has 0 unspecified atom stereocenters. The number of nitriles is 1. The van der Waals surface area contributed by atoms with E-state index in [-0.39, 0.29) is 10.5 Å². The predicted octanol–water partition coefficient (Wildman–Crippen LogP) is 1.09. The van der Waals surface area contributed by atoms with E-state index in [1.807, 2.05) is 6.07 Å². The van der Waals surface area contributed by atoms with E-state index in [2.05, 4.69) is 10.2 Å². The van der Waals surface area contributed by atoms with Crippen molar-refractivity contribution in [3.8, 4) is 11.8 Å². The summed E-state index contributed by atoms with van der Waals surface area (Å²) in [5.74, 6) is 0. The lowest BCUT2D eigenvalue weighted by atomic mass is 10.2. The second-order valence-electron chi connectivity index (χ2n) is 2.86. The van der Waals surface area contributed by atoms with Crippen LogP contribution in [0.5, 0.6) is 0 Å². The molecule has 0 aliphatic carbocycles. The monoisotopic (exact) mass is 218 g/mol. The first-order chi connectivity index (χ1) is 7.22. The minimum atomic E-state index is -0.352. The van der Waals surface area contributed by atoms with Gasteiger partial charge in [0, 0.05) is 0 Å². The van der Waals surface area contributed by atoms with Crippen LogP contribution >= 0.6 is 12.2 Å². The molecule has 5 nitrogen and oxygen atoms in total. The van der Waals surface area contributed by atoms with E-state index in [1.54, 1.807) is 24.3 Å². The molecule has 2 aromatic rings. The molecule has 6 heteroatoms. The van der Waals surface area contributed by atoms with Crippen LogP contribution in [0.15, 0.2) is 29.1 Å². The normalized spacial score (nSPS) is 9.80. The largest absolute Gasteiger partial charge is 0.347 e. The molecule has 0 atom stereocenters. The molecular formula is C9H6N4OS. The lowest BCUT2D eigenvalue weighted by Gasteiger charge is -1.99. The van der Waals surface area contributed by atoms with Gasteiger partial charge in [0.1, 0.15) is 0 Å². The van der Waals surface area contributed by atoms with Crippen molar-refractivity contribution in [2.24, 2.45) is 0 Å². The van der Waals surface area contributed by atoms with Gasteiger partial charge in [-0.15, -0.1) is 0 Å². The average molecular weight is 218 g/mol. The van der Waals surface area contributed by atoms with Gasteiger partial charge in [-0.05, 0) is 30.4 Å². The van der Waals surface area contributed by atoms with Crippen molar-refractivity contribution >= 4 is 12.2 Å². The van der Waals surface area contributed by atoms with E-state index in [4.69, 9.17) is 17.5 Å². The summed E-state index contributed by atoms with van der Waals surface area (Å²) < 4.78 is 1.56. The van der Waals surface area contributed by atoms with E-state index in [9.17, 15) is 4.79 Å². The summed E-state index contributed by atoms with van der Waals surface area (Å²) >= 11 is 4.93. The second kappa shape index (κ2) is 3.55. The molecule has 0 aliphatic rings. The molecule has 1 heterocycles. The Morgan fingerprint density at radius 2 is 2.20 bits per heavy atom. The van der Waals surface area contributed by atoms with Gasteiger partial charge in [-0.25, -0.2) is 14.5 Å². The second-order valence-corrected chi connectivity index (χ2v) is 3.24. The summed E-state index contributed by atoms with van der Waals surface area (Å²) in [6.45, 7) is 0. The van der Waals surface area contributed by atoms with Crippen LogP contribution in [0.1, 0.15) is 5.56 Å². The molecule has 0 aliphatic heterocycles. The van der Waals surface area contributed by atoms with Crippen molar-refractivity contribution < 1.29 is 0 Å². The van der Waals surface area contributed by atoms with Crippen LogP contribution in [0.3, 0.4) is 0 Å². The third-order valence-electron chi connectivity index (χ3n) is 1.92. The van der Waals surface area contributed by atoms with Crippen LogP contribution < -0.4 is 5.69 Å². The van der Waals surface area contributed by atoms with Gasteiger partial charge in [-0.3, -0.25) is 5.10 Å². The minimum Gasteiger partial charge on any atom is -0.272 e. The first kappa shape index (κ1) is 9.43. The highest BCUT2D eigenvalue weighted by atomic mass is 32.1. The van der Waals surface area contributed by atoms with Gasteiger partial charge in [0.25, 0.3) is 0 Å².